The van der Waals surface area contributed by atoms with Gasteiger partial charge in [0.05, 0.1) is 6.61 Å². The fourth-order valence-corrected chi connectivity index (χ4v) is 3.60. The summed E-state index contributed by atoms with van der Waals surface area (Å²) in [4.78, 5) is 2.34. The van der Waals surface area contributed by atoms with Crippen LogP contribution in [0.2, 0.25) is 0 Å². The second kappa shape index (κ2) is 6.61. The fraction of sp³-hybridized carbons (Fsp3) is 1.00. The lowest BCUT2D eigenvalue weighted by Crippen LogP contribution is -2.42. The summed E-state index contributed by atoms with van der Waals surface area (Å²) in [6.45, 7) is 4.41. The Hall–Kier alpha value is -0.0800. The molecule has 1 aliphatic carbocycles. The highest BCUT2D eigenvalue weighted by molar-refractivity contribution is 4.90. The second-order valence-electron chi connectivity index (χ2n) is 5.76. The predicted octanol–water partition coefficient (Wildman–Crippen LogP) is 3.17. The Morgan fingerprint density at radius 2 is 1.88 bits per heavy atom. The molecular formula is C14H29NO. The highest BCUT2D eigenvalue weighted by Crippen LogP contribution is 2.43. The van der Waals surface area contributed by atoms with Crippen molar-refractivity contribution in [3.8, 4) is 0 Å². The zero-order chi connectivity index (χ0) is 12.0. The van der Waals surface area contributed by atoms with Gasteiger partial charge in [0, 0.05) is 19.1 Å². The van der Waals surface area contributed by atoms with E-state index in [9.17, 15) is 0 Å². The Labute approximate surface area is 101 Å². The summed E-state index contributed by atoms with van der Waals surface area (Å²) in [5, 5.41) is 0. The van der Waals surface area contributed by atoms with E-state index in [0.29, 0.717) is 5.41 Å². The zero-order valence-electron chi connectivity index (χ0n) is 11.6. The summed E-state index contributed by atoms with van der Waals surface area (Å²) in [5.41, 5.74) is 0.406. The van der Waals surface area contributed by atoms with Crippen molar-refractivity contribution in [2.75, 3.05) is 34.4 Å². The third kappa shape index (κ3) is 3.46. The van der Waals surface area contributed by atoms with Crippen LogP contribution in [0.25, 0.3) is 0 Å². The molecular weight excluding hydrogens is 198 g/mol. The normalized spacial score (nSPS) is 21.6. The van der Waals surface area contributed by atoms with E-state index in [4.69, 9.17) is 4.74 Å². The first-order valence-corrected chi connectivity index (χ1v) is 6.78. The maximum atomic E-state index is 5.55. The van der Waals surface area contributed by atoms with Crippen molar-refractivity contribution in [2.45, 2.75) is 45.4 Å². The minimum Gasteiger partial charge on any atom is -0.384 e. The summed E-state index contributed by atoms with van der Waals surface area (Å²) >= 11 is 0. The molecule has 0 aliphatic heterocycles. The van der Waals surface area contributed by atoms with Crippen molar-refractivity contribution in [2.24, 2.45) is 11.3 Å². The van der Waals surface area contributed by atoms with Crippen LogP contribution < -0.4 is 0 Å². The molecule has 1 fully saturated rings. The van der Waals surface area contributed by atoms with Crippen molar-refractivity contribution in [1.82, 2.24) is 4.90 Å². The van der Waals surface area contributed by atoms with Crippen LogP contribution in [0.15, 0.2) is 0 Å². The lowest BCUT2D eigenvalue weighted by molar-refractivity contribution is 0.00495. The van der Waals surface area contributed by atoms with Gasteiger partial charge in [0.2, 0.25) is 0 Å². The molecule has 0 amide bonds. The van der Waals surface area contributed by atoms with Crippen molar-refractivity contribution in [1.29, 1.82) is 0 Å². The van der Waals surface area contributed by atoms with E-state index in [2.05, 4.69) is 25.9 Å². The Balaban J connectivity index is 2.75. The van der Waals surface area contributed by atoms with Crippen LogP contribution in [0.5, 0.6) is 0 Å². The van der Waals surface area contributed by atoms with Crippen LogP contribution in [0.3, 0.4) is 0 Å². The molecule has 96 valence electrons. The van der Waals surface area contributed by atoms with Crippen LogP contribution >= 0.6 is 0 Å². The maximum Gasteiger partial charge on any atom is 0.0533 e. The van der Waals surface area contributed by atoms with Crippen molar-refractivity contribution < 1.29 is 4.74 Å². The Bertz CT molecular complexity index is 179. The molecule has 1 unspecified atom stereocenters. The zero-order valence-corrected chi connectivity index (χ0v) is 11.6. The van der Waals surface area contributed by atoms with Gasteiger partial charge in [-0.3, -0.25) is 0 Å². The summed E-state index contributed by atoms with van der Waals surface area (Å²) in [6, 6.07) is 0. The van der Waals surface area contributed by atoms with Crippen LogP contribution in [0.1, 0.15) is 45.4 Å². The first-order valence-electron chi connectivity index (χ1n) is 6.78. The lowest BCUT2D eigenvalue weighted by Gasteiger charge is -2.41. The average molecular weight is 227 g/mol. The summed E-state index contributed by atoms with van der Waals surface area (Å²) in [5.74, 6) is 0.884. The molecule has 16 heavy (non-hydrogen) atoms. The number of nitrogens with zero attached hydrogens (tertiary/aromatic N) is 1. The number of ether oxygens (including phenoxy) is 1. The smallest absolute Gasteiger partial charge is 0.0533 e. The minimum atomic E-state index is 0.406. The van der Waals surface area contributed by atoms with Gasteiger partial charge in [-0.25, -0.2) is 0 Å². The number of hydrogen-bond acceptors (Lipinski definition) is 2. The van der Waals surface area contributed by atoms with E-state index >= 15 is 0 Å². The van der Waals surface area contributed by atoms with E-state index < -0.39 is 0 Å². The molecule has 2 heteroatoms. The molecule has 1 saturated carbocycles. The van der Waals surface area contributed by atoms with Crippen molar-refractivity contribution >= 4 is 0 Å². The molecule has 0 aromatic carbocycles. The van der Waals surface area contributed by atoms with Crippen LogP contribution in [0, 0.1) is 11.3 Å². The van der Waals surface area contributed by atoms with Gasteiger partial charge >= 0.3 is 0 Å². The van der Waals surface area contributed by atoms with Crippen LogP contribution in [-0.2, 0) is 4.74 Å². The third-order valence-corrected chi connectivity index (χ3v) is 4.03. The van der Waals surface area contributed by atoms with Gasteiger partial charge in [-0.2, -0.15) is 0 Å². The summed E-state index contributed by atoms with van der Waals surface area (Å²) in [7, 11) is 6.24. The van der Waals surface area contributed by atoms with Gasteiger partial charge in [0.15, 0.2) is 0 Å². The maximum absolute atomic E-state index is 5.55. The largest absolute Gasteiger partial charge is 0.384 e. The van der Waals surface area contributed by atoms with Crippen LogP contribution in [0.4, 0.5) is 0 Å². The topological polar surface area (TPSA) is 12.5 Å². The highest BCUT2D eigenvalue weighted by Gasteiger charge is 2.39. The molecule has 0 aromatic rings. The second-order valence-corrected chi connectivity index (χ2v) is 5.76. The molecule has 0 heterocycles. The minimum absolute atomic E-state index is 0.406. The molecule has 2 nitrogen and oxygen atoms in total. The monoisotopic (exact) mass is 227 g/mol. The molecule has 0 aromatic heterocycles. The SMILES string of the molecule is CCCC(COC)(CN(C)C)C1CCCC1. The van der Waals surface area contributed by atoms with E-state index in [1.807, 2.05) is 7.11 Å². The standard InChI is InChI=1S/C14H29NO/c1-5-10-14(12-16-4,11-15(2)3)13-8-6-7-9-13/h13H,5-12H2,1-4H3. The van der Waals surface area contributed by atoms with Gasteiger partial charge in [0.25, 0.3) is 0 Å². The van der Waals surface area contributed by atoms with E-state index in [-0.39, 0.29) is 0 Å². The van der Waals surface area contributed by atoms with Crippen LogP contribution in [-0.4, -0.2) is 39.3 Å². The molecule has 0 saturated heterocycles. The number of rotatable bonds is 7. The molecule has 0 spiro atoms. The Morgan fingerprint density at radius 1 is 1.25 bits per heavy atom. The molecule has 1 rings (SSSR count). The van der Waals surface area contributed by atoms with Crippen molar-refractivity contribution in [3.05, 3.63) is 0 Å². The van der Waals surface area contributed by atoms with Gasteiger partial charge < -0.3 is 9.64 Å². The van der Waals surface area contributed by atoms with Gasteiger partial charge in [0.1, 0.15) is 0 Å². The summed E-state index contributed by atoms with van der Waals surface area (Å²) < 4.78 is 5.55. The highest BCUT2D eigenvalue weighted by atomic mass is 16.5. The van der Waals surface area contributed by atoms with Crippen molar-refractivity contribution in [3.63, 3.8) is 0 Å². The van der Waals surface area contributed by atoms with E-state index in [1.54, 1.807) is 0 Å². The molecule has 0 radical (unpaired) electrons. The molecule has 0 N–H and O–H groups in total. The number of methoxy groups -OCH3 is 1. The van der Waals surface area contributed by atoms with Gasteiger partial charge in [-0.15, -0.1) is 0 Å². The quantitative estimate of drug-likeness (QED) is 0.662. The lowest BCUT2D eigenvalue weighted by atomic mass is 9.71. The molecule has 1 aliphatic rings. The first kappa shape index (κ1) is 14.0. The van der Waals surface area contributed by atoms with Gasteiger partial charge in [-0.1, -0.05) is 26.2 Å². The number of hydrogen-bond donors (Lipinski definition) is 0. The van der Waals surface area contributed by atoms with E-state index in [0.717, 1.165) is 12.5 Å². The average Bonchev–Trinajstić information content (AvgIpc) is 2.70. The first-order chi connectivity index (χ1) is 7.64. The Kier molecular flexibility index (Phi) is 5.77. The summed E-state index contributed by atoms with van der Waals surface area (Å²) in [6.07, 6.45) is 8.26. The predicted molar refractivity (Wildman–Crippen MR) is 69.7 cm³/mol. The third-order valence-electron chi connectivity index (χ3n) is 4.03. The molecule has 1 atom stereocenters. The molecule has 0 bridgehead atoms. The van der Waals surface area contributed by atoms with E-state index in [1.165, 1.54) is 45.1 Å². The fourth-order valence-electron chi connectivity index (χ4n) is 3.60. The Morgan fingerprint density at radius 3 is 2.31 bits per heavy atom. The van der Waals surface area contributed by atoms with Gasteiger partial charge in [-0.05, 0) is 39.3 Å².